The smallest absolute Gasteiger partial charge is 0.276 e. The number of hydrogen-bond acceptors (Lipinski definition) is 5. The summed E-state index contributed by atoms with van der Waals surface area (Å²) in [6, 6.07) is 25.7. The average molecular weight is 499 g/mol. The van der Waals surface area contributed by atoms with Gasteiger partial charge in [0.25, 0.3) is 10.0 Å². The van der Waals surface area contributed by atoms with Crippen molar-refractivity contribution in [3.05, 3.63) is 102 Å². The van der Waals surface area contributed by atoms with Crippen LogP contribution in [0.1, 0.15) is 35.5 Å². The molecule has 36 heavy (non-hydrogen) atoms. The molecule has 8 heteroatoms. The highest BCUT2D eigenvalue weighted by Gasteiger charge is 2.42. The number of ketones is 1. The van der Waals surface area contributed by atoms with Crippen LogP contribution < -0.4 is 4.83 Å². The molecule has 3 aromatic carbocycles. The zero-order valence-electron chi connectivity index (χ0n) is 20.3. The molecule has 7 nitrogen and oxygen atoms in total. The summed E-state index contributed by atoms with van der Waals surface area (Å²) in [4.78, 5) is 16.3. The minimum absolute atomic E-state index is 0.0843. The van der Waals surface area contributed by atoms with Crippen LogP contribution in [0.3, 0.4) is 0 Å². The zero-order chi connectivity index (χ0) is 25.5. The fourth-order valence-corrected chi connectivity index (χ4v) is 5.26. The van der Waals surface area contributed by atoms with E-state index >= 15 is 0 Å². The minimum atomic E-state index is -3.94. The Kier molecular flexibility index (Phi) is 5.84. The summed E-state index contributed by atoms with van der Waals surface area (Å²) in [5, 5.41) is 9.04. The number of carbonyl (C=O) groups is 1. The van der Waals surface area contributed by atoms with Crippen molar-refractivity contribution in [1.82, 2.24) is 14.6 Å². The molecule has 0 unspecified atom stereocenters. The van der Waals surface area contributed by atoms with Gasteiger partial charge in [-0.25, -0.2) is 4.68 Å². The Morgan fingerprint density at radius 3 is 2.17 bits per heavy atom. The Morgan fingerprint density at radius 1 is 0.917 bits per heavy atom. The molecule has 5 rings (SSSR count). The number of hydrazone groups is 1. The molecular formula is C28H26N4O3S. The lowest BCUT2D eigenvalue weighted by atomic mass is 9.73. The normalized spacial score (nSPS) is 16.1. The van der Waals surface area contributed by atoms with Crippen molar-refractivity contribution >= 4 is 21.5 Å². The molecule has 0 saturated carbocycles. The lowest BCUT2D eigenvalue weighted by Gasteiger charge is -2.29. The van der Waals surface area contributed by atoms with Gasteiger partial charge in [-0.05, 0) is 31.2 Å². The van der Waals surface area contributed by atoms with E-state index in [1.54, 1.807) is 16.8 Å². The first-order chi connectivity index (χ1) is 17.2. The molecule has 1 aliphatic carbocycles. The first-order valence-electron chi connectivity index (χ1n) is 11.6. The van der Waals surface area contributed by atoms with Gasteiger partial charge in [0.05, 0.1) is 27.5 Å². The van der Waals surface area contributed by atoms with E-state index in [1.807, 2.05) is 81.4 Å². The van der Waals surface area contributed by atoms with Crippen LogP contribution in [0.4, 0.5) is 0 Å². The third kappa shape index (κ3) is 4.24. The summed E-state index contributed by atoms with van der Waals surface area (Å²) in [6.45, 7) is 5.62. The number of nitrogens with zero attached hydrogens (tertiary/aromatic N) is 3. The van der Waals surface area contributed by atoms with E-state index in [9.17, 15) is 13.2 Å². The fraction of sp³-hybridized carbons (Fsp3) is 0.179. The second-order valence-electron chi connectivity index (χ2n) is 9.54. The molecule has 0 atom stereocenters. The summed E-state index contributed by atoms with van der Waals surface area (Å²) >= 11 is 0. The summed E-state index contributed by atoms with van der Waals surface area (Å²) in [6.07, 6.45) is 0.429. The van der Waals surface area contributed by atoms with Crippen LogP contribution in [-0.2, 0) is 16.4 Å². The highest BCUT2D eigenvalue weighted by atomic mass is 32.2. The van der Waals surface area contributed by atoms with Gasteiger partial charge >= 0.3 is 0 Å². The number of nitrogens with one attached hydrogen (secondary N) is 1. The summed E-state index contributed by atoms with van der Waals surface area (Å²) in [5.74, 6) is -0.339. The quantitative estimate of drug-likeness (QED) is 0.394. The average Bonchev–Trinajstić information content (AvgIpc) is 3.23. The standard InChI is InChI=1S/C28H26N4O3S/c1-19-14-16-22(17-15-19)36(34,35)31-29-27-26(33)24-23(18-28(27,2)3)30-32(21-12-8-5-9-13-21)25(24)20-10-6-4-7-11-20/h4-17,31H,18H2,1-3H3/b29-27-. The van der Waals surface area contributed by atoms with Crippen LogP contribution >= 0.6 is 0 Å². The van der Waals surface area contributed by atoms with Crippen LogP contribution in [0, 0.1) is 12.3 Å². The molecule has 0 spiro atoms. The molecule has 182 valence electrons. The van der Waals surface area contributed by atoms with Crippen LogP contribution in [0.5, 0.6) is 0 Å². The van der Waals surface area contributed by atoms with Crippen molar-refractivity contribution in [1.29, 1.82) is 0 Å². The second-order valence-corrected chi connectivity index (χ2v) is 11.2. The van der Waals surface area contributed by atoms with Gasteiger partial charge in [-0.3, -0.25) is 4.79 Å². The van der Waals surface area contributed by atoms with Crippen molar-refractivity contribution in [2.75, 3.05) is 0 Å². The van der Waals surface area contributed by atoms with Crippen molar-refractivity contribution in [2.45, 2.75) is 32.1 Å². The molecule has 0 aliphatic heterocycles. The Bertz CT molecular complexity index is 1570. The number of benzene rings is 3. The summed E-state index contributed by atoms with van der Waals surface area (Å²) in [5.41, 5.74) is 3.79. The third-order valence-electron chi connectivity index (χ3n) is 6.31. The van der Waals surface area contributed by atoms with Gasteiger partial charge in [0.2, 0.25) is 5.78 Å². The topological polar surface area (TPSA) is 93.4 Å². The van der Waals surface area contributed by atoms with Crippen LogP contribution in [0.25, 0.3) is 16.9 Å². The third-order valence-corrected chi connectivity index (χ3v) is 7.53. The zero-order valence-corrected chi connectivity index (χ0v) is 21.1. The summed E-state index contributed by atoms with van der Waals surface area (Å²) in [7, 11) is -3.94. The number of carbonyl (C=O) groups excluding carboxylic acids is 1. The van der Waals surface area contributed by atoms with Gasteiger partial charge in [0, 0.05) is 17.4 Å². The number of para-hydroxylation sites is 1. The number of sulfonamides is 1. The highest BCUT2D eigenvalue weighted by Crippen LogP contribution is 2.38. The predicted molar refractivity (Wildman–Crippen MR) is 140 cm³/mol. The van der Waals surface area contributed by atoms with E-state index < -0.39 is 15.4 Å². The van der Waals surface area contributed by atoms with Gasteiger partial charge in [0.1, 0.15) is 5.71 Å². The van der Waals surface area contributed by atoms with Gasteiger partial charge < -0.3 is 0 Å². The number of rotatable bonds is 5. The number of aryl methyl sites for hydroxylation is 1. The molecule has 0 radical (unpaired) electrons. The van der Waals surface area contributed by atoms with Gasteiger partial charge in [-0.1, -0.05) is 80.1 Å². The number of hydrogen-bond donors (Lipinski definition) is 1. The molecule has 0 bridgehead atoms. The molecule has 1 aliphatic rings. The Labute approximate surface area is 210 Å². The Balaban J connectivity index is 1.63. The maximum absolute atomic E-state index is 14.0. The van der Waals surface area contributed by atoms with E-state index in [0.29, 0.717) is 23.4 Å². The van der Waals surface area contributed by atoms with E-state index in [4.69, 9.17) is 5.10 Å². The monoisotopic (exact) mass is 498 g/mol. The highest BCUT2D eigenvalue weighted by molar-refractivity contribution is 7.89. The fourth-order valence-electron chi connectivity index (χ4n) is 4.45. The molecular weight excluding hydrogens is 472 g/mol. The number of aromatic nitrogens is 2. The molecule has 0 amide bonds. The van der Waals surface area contributed by atoms with Crippen molar-refractivity contribution in [3.8, 4) is 16.9 Å². The van der Waals surface area contributed by atoms with Gasteiger partial charge in [-0.15, -0.1) is 0 Å². The van der Waals surface area contributed by atoms with Crippen LogP contribution in [0.2, 0.25) is 0 Å². The van der Waals surface area contributed by atoms with Crippen molar-refractivity contribution < 1.29 is 13.2 Å². The first kappa shape index (κ1) is 23.7. The van der Waals surface area contributed by atoms with E-state index in [0.717, 1.165) is 16.8 Å². The lowest BCUT2D eigenvalue weighted by Crippen LogP contribution is -2.40. The van der Waals surface area contributed by atoms with Crippen molar-refractivity contribution in [2.24, 2.45) is 10.5 Å². The Hall–Kier alpha value is -4.04. The van der Waals surface area contributed by atoms with Gasteiger partial charge in [-0.2, -0.15) is 23.4 Å². The molecule has 0 saturated heterocycles. The second kappa shape index (κ2) is 8.87. The first-order valence-corrected chi connectivity index (χ1v) is 13.1. The van der Waals surface area contributed by atoms with E-state index in [1.165, 1.54) is 12.1 Å². The SMILES string of the molecule is Cc1ccc(S(=O)(=O)N/N=C2/C(=O)c3c(nn(-c4ccccc4)c3-c3ccccc3)CC2(C)C)cc1. The molecule has 1 N–H and O–H groups in total. The number of fused-ring (bicyclic) bond motifs is 1. The van der Waals surface area contributed by atoms with Crippen LogP contribution in [0.15, 0.2) is 94.9 Å². The predicted octanol–water partition coefficient (Wildman–Crippen LogP) is 4.95. The molecule has 4 aromatic rings. The molecule has 1 aromatic heterocycles. The molecule has 1 heterocycles. The minimum Gasteiger partial charge on any atom is -0.287 e. The number of Topliss-reactive ketones (excluding diaryl/α,β-unsaturated/α-hetero) is 1. The largest absolute Gasteiger partial charge is 0.287 e. The maximum Gasteiger partial charge on any atom is 0.276 e. The van der Waals surface area contributed by atoms with E-state index in [-0.39, 0.29) is 16.4 Å². The summed E-state index contributed by atoms with van der Waals surface area (Å²) < 4.78 is 27.5. The molecule has 0 fully saturated rings. The lowest BCUT2D eigenvalue weighted by molar-refractivity contribution is 0.104. The van der Waals surface area contributed by atoms with Gasteiger partial charge in [0.15, 0.2) is 0 Å². The Morgan fingerprint density at radius 2 is 1.53 bits per heavy atom. The van der Waals surface area contributed by atoms with Crippen LogP contribution in [-0.4, -0.2) is 29.7 Å². The van der Waals surface area contributed by atoms with Crippen molar-refractivity contribution in [3.63, 3.8) is 0 Å². The van der Waals surface area contributed by atoms with E-state index in [2.05, 4.69) is 9.93 Å². The maximum atomic E-state index is 14.0.